The number of ether oxygens (including phenoxy) is 1. The molecule has 0 aromatic heterocycles. The van der Waals surface area contributed by atoms with Crippen molar-refractivity contribution in [3.05, 3.63) is 28.2 Å². The standard InChI is InChI=1S/C15H24BrN3OS/c1-17-15(18-8-4-5-9-21-3)19-11-12-6-7-14(20-2)13(16)10-12/h6-7,10H,4-5,8-9,11H2,1-3H3,(H2,17,18,19). The van der Waals surface area contributed by atoms with Crippen molar-refractivity contribution in [2.24, 2.45) is 4.99 Å². The molecule has 0 aliphatic heterocycles. The molecule has 0 aliphatic rings. The summed E-state index contributed by atoms with van der Waals surface area (Å²) < 4.78 is 6.19. The molecule has 1 rings (SSSR count). The topological polar surface area (TPSA) is 45.7 Å². The van der Waals surface area contributed by atoms with Gasteiger partial charge in [0.2, 0.25) is 0 Å². The van der Waals surface area contributed by atoms with Crippen molar-refractivity contribution < 1.29 is 4.74 Å². The molecule has 118 valence electrons. The summed E-state index contributed by atoms with van der Waals surface area (Å²) in [5.74, 6) is 2.90. The Morgan fingerprint density at radius 2 is 2.14 bits per heavy atom. The van der Waals surface area contributed by atoms with E-state index in [9.17, 15) is 0 Å². The molecule has 1 aromatic rings. The largest absolute Gasteiger partial charge is 0.496 e. The molecule has 0 saturated heterocycles. The van der Waals surface area contributed by atoms with Crippen LogP contribution in [0.2, 0.25) is 0 Å². The third-order valence-electron chi connectivity index (χ3n) is 2.97. The number of aliphatic imine (C=N–C) groups is 1. The summed E-state index contributed by atoms with van der Waals surface area (Å²) in [4.78, 5) is 4.23. The van der Waals surface area contributed by atoms with E-state index >= 15 is 0 Å². The average Bonchev–Trinajstić information content (AvgIpc) is 2.50. The van der Waals surface area contributed by atoms with E-state index in [0.717, 1.165) is 35.7 Å². The number of nitrogens with zero attached hydrogens (tertiary/aromatic N) is 1. The number of rotatable bonds is 8. The molecule has 0 bridgehead atoms. The quantitative estimate of drug-likeness (QED) is 0.417. The van der Waals surface area contributed by atoms with Gasteiger partial charge in [-0.05, 0) is 58.5 Å². The first-order valence-corrected chi connectivity index (χ1v) is 9.15. The van der Waals surface area contributed by atoms with Crippen molar-refractivity contribution in [2.75, 3.05) is 32.7 Å². The summed E-state index contributed by atoms with van der Waals surface area (Å²) in [6.45, 7) is 1.68. The minimum Gasteiger partial charge on any atom is -0.496 e. The molecular formula is C15H24BrN3OS. The number of unbranched alkanes of at least 4 members (excludes halogenated alkanes) is 1. The van der Waals surface area contributed by atoms with Gasteiger partial charge >= 0.3 is 0 Å². The average molecular weight is 374 g/mol. The number of halogens is 1. The van der Waals surface area contributed by atoms with Gasteiger partial charge in [0, 0.05) is 20.1 Å². The second-order valence-corrected chi connectivity index (χ2v) is 6.36. The molecule has 6 heteroatoms. The van der Waals surface area contributed by atoms with Gasteiger partial charge in [-0.3, -0.25) is 4.99 Å². The van der Waals surface area contributed by atoms with Crippen molar-refractivity contribution in [2.45, 2.75) is 19.4 Å². The van der Waals surface area contributed by atoms with Crippen molar-refractivity contribution in [1.82, 2.24) is 10.6 Å². The van der Waals surface area contributed by atoms with Crippen molar-refractivity contribution in [1.29, 1.82) is 0 Å². The van der Waals surface area contributed by atoms with Gasteiger partial charge < -0.3 is 15.4 Å². The highest BCUT2D eigenvalue weighted by Crippen LogP contribution is 2.25. The lowest BCUT2D eigenvalue weighted by Crippen LogP contribution is -2.37. The van der Waals surface area contributed by atoms with Crippen LogP contribution >= 0.6 is 27.7 Å². The Hall–Kier alpha value is -0.880. The Labute approximate surface area is 140 Å². The molecule has 0 amide bonds. The molecule has 2 N–H and O–H groups in total. The van der Waals surface area contributed by atoms with Crippen molar-refractivity contribution in [3.63, 3.8) is 0 Å². The SMILES string of the molecule is CN=C(NCCCCSC)NCc1ccc(OC)c(Br)c1. The van der Waals surface area contributed by atoms with E-state index in [1.54, 1.807) is 14.2 Å². The molecule has 0 fully saturated rings. The van der Waals surface area contributed by atoms with Gasteiger partial charge in [0.05, 0.1) is 11.6 Å². The van der Waals surface area contributed by atoms with Gasteiger partial charge in [0.15, 0.2) is 5.96 Å². The van der Waals surface area contributed by atoms with E-state index in [-0.39, 0.29) is 0 Å². The Balaban J connectivity index is 2.36. The summed E-state index contributed by atoms with van der Waals surface area (Å²) in [6.07, 6.45) is 4.53. The van der Waals surface area contributed by atoms with Crippen molar-refractivity contribution in [3.8, 4) is 5.75 Å². The van der Waals surface area contributed by atoms with Crippen LogP contribution in [0.3, 0.4) is 0 Å². The predicted octanol–water partition coefficient (Wildman–Crippen LogP) is 3.27. The molecule has 21 heavy (non-hydrogen) atoms. The van der Waals surface area contributed by atoms with Crippen LogP contribution in [0.5, 0.6) is 5.75 Å². The number of hydrogen-bond donors (Lipinski definition) is 2. The number of hydrogen-bond acceptors (Lipinski definition) is 3. The first-order chi connectivity index (χ1) is 10.2. The van der Waals surface area contributed by atoms with Gasteiger partial charge in [-0.15, -0.1) is 0 Å². The lowest BCUT2D eigenvalue weighted by molar-refractivity contribution is 0.412. The van der Waals surface area contributed by atoms with E-state index in [1.807, 2.05) is 23.9 Å². The molecule has 0 saturated carbocycles. The Kier molecular flexibility index (Phi) is 9.34. The van der Waals surface area contributed by atoms with Crippen LogP contribution in [0.4, 0.5) is 0 Å². The Morgan fingerprint density at radius 1 is 1.33 bits per heavy atom. The summed E-state index contributed by atoms with van der Waals surface area (Å²) in [7, 11) is 3.46. The molecule has 0 aliphatic carbocycles. The minimum absolute atomic E-state index is 0.729. The van der Waals surface area contributed by atoms with E-state index in [0.29, 0.717) is 0 Å². The van der Waals surface area contributed by atoms with Crippen LogP contribution in [0.25, 0.3) is 0 Å². The third-order valence-corrected chi connectivity index (χ3v) is 4.28. The monoisotopic (exact) mass is 373 g/mol. The summed E-state index contributed by atoms with van der Waals surface area (Å²) in [6, 6.07) is 6.06. The highest BCUT2D eigenvalue weighted by molar-refractivity contribution is 9.10. The molecule has 0 heterocycles. The van der Waals surface area contributed by atoms with E-state index in [1.165, 1.54) is 17.7 Å². The maximum atomic E-state index is 5.23. The molecule has 0 atom stereocenters. The maximum Gasteiger partial charge on any atom is 0.191 e. The fraction of sp³-hybridized carbons (Fsp3) is 0.533. The molecular weight excluding hydrogens is 350 g/mol. The van der Waals surface area contributed by atoms with E-state index < -0.39 is 0 Å². The normalized spacial score (nSPS) is 11.3. The fourth-order valence-corrected chi connectivity index (χ4v) is 2.89. The molecule has 0 spiro atoms. The Morgan fingerprint density at radius 3 is 2.76 bits per heavy atom. The van der Waals surface area contributed by atoms with Crippen LogP contribution in [0.15, 0.2) is 27.7 Å². The van der Waals surface area contributed by atoms with Crippen LogP contribution < -0.4 is 15.4 Å². The van der Waals surface area contributed by atoms with E-state index in [4.69, 9.17) is 4.74 Å². The lowest BCUT2D eigenvalue weighted by Gasteiger charge is -2.12. The number of nitrogens with one attached hydrogen (secondary N) is 2. The molecule has 0 radical (unpaired) electrons. The Bertz CT molecular complexity index is 455. The highest BCUT2D eigenvalue weighted by atomic mass is 79.9. The van der Waals surface area contributed by atoms with Gasteiger partial charge in [-0.1, -0.05) is 6.07 Å². The van der Waals surface area contributed by atoms with Gasteiger partial charge in [-0.2, -0.15) is 11.8 Å². The molecule has 1 aromatic carbocycles. The third kappa shape index (κ3) is 7.09. The summed E-state index contributed by atoms with van der Waals surface area (Å²) in [5.41, 5.74) is 1.17. The first kappa shape index (κ1) is 18.2. The first-order valence-electron chi connectivity index (χ1n) is 6.97. The van der Waals surface area contributed by atoms with Crippen LogP contribution in [-0.2, 0) is 6.54 Å². The number of thioether (sulfide) groups is 1. The lowest BCUT2D eigenvalue weighted by atomic mass is 10.2. The van der Waals surface area contributed by atoms with Crippen LogP contribution in [0, 0.1) is 0 Å². The summed E-state index contributed by atoms with van der Waals surface area (Å²) >= 11 is 5.39. The zero-order valence-electron chi connectivity index (χ0n) is 12.9. The number of methoxy groups -OCH3 is 1. The second kappa shape index (κ2) is 10.8. The van der Waals surface area contributed by atoms with Gasteiger partial charge in [-0.25, -0.2) is 0 Å². The number of benzene rings is 1. The zero-order valence-corrected chi connectivity index (χ0v) is 15.3. The molecule has 4 nitrogen and oxygen atoms in total. The second-order valence-electron chi connectivity index (χ2n) is 4.52. The maximum absolute atomic E-state index is 5.23. The minimum atomic E-state index is 0.729. The summed E-state index contributed by atoms with van der Waals surface area (Å²) in [5, 5.41) is 6.64. The van der Waals surface area contributed by atoms with E-state index in [2.05, 4.69) is 43.9 Å². The van der Waals surface area contributed by atoms with Gasteiger partial charge in [0.25, 0.3) is 0 Å². The predicted molar refractivity (Wildman–Crippen MR) is 96.5 cm³/mol. The molecule has 0 unspecified atom stereocenters. The van der Waals surface area contributed by atoms with Gasteiger partial charge in [0.1, 0.15) is 5.75 Å². The van der Waals surface area contributed by atoms with Crippen LogP contribution in [-0.4, -0.2) is 38.7 Å². The van der Waals surface area contributed by atoms with Crippen molar-refractivity contribution >= 4 is 33.7 Å². The number of guanidine groups is 1. The zero-order chi connectivity index (χ0) is 15.5. The van der Waals surface area contributed by atoms with Crippen LogP contribution in [0.1, 0.15) is 18.4 Å². The smallest absolute Gasteiger partial charge is 0.191 e. The highest BCUT2D eigenvalue weighted by Gasteiger charge is 2.02. The fourth-order valence-electron chi connectivity index (χ4n) is 1.80.